The second-order valence-corrected chi connectivity index (χ2v) is 5.68. The molecular formula is C13H20. The summed E-state index contributed by atoms with van der Waals surface area (Å²) >= 11 is 0. The zero-order chi connectivity index (χ0) is 9.16. The van der Waals surface area contributed by atoms with Crippen LogP contribution in [-0.2, 0) is 0 Å². The van der Waals surface area contributed by atoms with Gasteiger partial charge in [0.05, 0.1) is 0 Å². The Morgan fingerprint density at radius 3 is 1.69 bits per heavy atom. The minimum Gasteiger partial charge on any atom is -0.0848 e. The third-order valence-electron chi connectivity index (χ3n) is 5.46. The van der Waals surface area contributed by atoms with E-state index in [4.69, 9.17) is 0 Å². The van der Waals surface area contributed by atoms with Gasteiger partial charge in [-0.25, -0.2) is 0 Å². The van der Waals surface area contributed by atoms with Gasteiger partial charge in [0.25, 0.3) is 0 Å². The van der Waals surface area contributed by atoms with Crippen molar-refractivity contribution >= 4 is 0 Å². The summed E-state index contributed by atoms with van der Waals surface area (Å²) in [4.78, 5) is 0. The Bertz CT molecular complexity index is 229. The van der Waals surface area contributed by atoms with E-state index in [2.05, 4.69) is 32.9 Å². The van der Waals surface area contributed by atoms with Crippen molar-refractivity contribution in [2.45, 2.75) is 27.2 Å². The molecule has 2 fully saturated rings. The summed E-state index contributed by atoms with van der Waals surface area (Å²) < 4.78 is 0. The highest BCUT2D eigenvalue weighted by atomic mass is 14.6. The summed E-state index contributed by atoms with van der Waals surface area (Å²) in [5.74, 6) is 6.90. The van der Waals surface area contributed by atoms with Crippen molar-refractivity contribution in [3.8, 4) is 0 Å². The maximum Gasteiger partial charge on any atom is -0.0194 e. The van der Waals surface area contributed by atoms with Crippen LogP contribution in [-0.4, -0.2) is 0 Å². The smallest absolute Gasteiger partial charge is 0.0194 e. The molecule has 0 saturated heterocycles. The summed E-state index contributed by atoms with van der Waals surface area (Å²) in [5.41, 5.74) is 0. The summed E-state index contributed by atoms with van der Waals surface area (Å²) in [5, 5.41) is 0. The predicted octanol–water partition coefficient (Wildman–Crippen LogP) is 3.35. The quantitative estimate of drug-likeness (QED) is 0.496. The second-order valence-electron chi connectivity index (χ2n) is 5.68. The normalized spacial score (nSPS) is 63.2. The average molecular weight is 176 g/mol. The first-order chi connectivity index (χ1) is 6.20. The highest BCUT2D eigenvalue weighted by Gasteiger charge is 2.55. The molecule has 6 unspecified atom stereocenters. The van der Waals surface area contributed by atoms with Crippen molar-refractivity contribution in [1.29, 1.82) is 0 Å². The average Bonchev–Trinajstić information content (AvgIpc) is 2.76. The molecule has 3 rings (SSSR count). The molecule has 0 heterocycles. The third-order valence-corrected chi connectivity index (χ3v) is 5.46. The van der Waals surface area contributed by atoms with Gasteiger partial charge >= 0.3 is 0 Å². The third kappa shape index (κ3) is 0.825. The molecular weight excluding hydrogens is 156 g/mol. The molecule has 2 saturated carbocycles. The van der Waals surface area contributed by atoms with Crippen LogP contribution < -0.4 is 0 Å². The molecule has 72 valence electrons. The summed E-state index contributed by atoms with van der Waals surface area (Å²) in [6.07, 6.45) is 6.50. The van der Waals surface area contributed by atoms with Crippen molar-refractivity contribution in [2.24, 2.45) is 41.4 Å². The lowest BCUT2D eigenvalue weighted by atomic mass is 9.80. The summed E-state index contributed by atoms with van der Waals surface area (Å²) in [7, 11) is 0. The fraction of sp³-hybridized carbons (Fsp3) is 0.846. The highest BCUT2D eigenvalue weighted by Crippen LogP contribution is 2.61. The van der Waals surface area contributed by atoms with Gasteiger partial charge in [0.1, 0.15) is 0 Å². The summed E-state index contributed by atoms with van der Waals surface area (Å²) in [6.45, 7) is 7.44. The van der Waals surface area contributed by atoms with Gasteiger partial charge in [0.2, 0.25) is 0 Å². The van der Waals surface area contributed by atoms with Crippen LogP contribution in [0.3, 0.4) is 0 Å². The van der Waals surface area contributed by atoms with Gasteiger partial charge in [-0.15, -0.1) is 0 Å². The zero-order valence-corrected chi connectivity index (χ0v) is 8.90. The Labute approximate surface area is 81.4 Å². The van der Waals surface area contributed by atoms with Crippen molar-refractivity contribution in [1.82, 2.24) is 0 Å². The second kappa shape index (κ2) is 2.40. The molecule has 2 bridgehead atoms. The molecule has 3 aliphatic carbocycles. The van der Waals surface area contributed by atoms with Crippen LogP contribution >= 0.6 is 0 Å². The van der Waals surface area contributed by atoms with Crippen LogP contribution in [0.15, 0.2) is 12.2 Å². The van der Waals surface area contributed by atoms with Gasteiger partial charge < -0.3 is 0 Å². The Hall–Kier alpha value is -0.260. The zero-order valence-electron chi connectivity index (χ0n) is 8.90. The Morgan fingerprint density at radius 2 is 1.23 bits per heavy atom. The molecule has 0 aromatic heterocycles. The van der Waals surface area contributed by atoms with Gasteiger partial charge in [0.15, 0.2) is 0 Å². The standard InChI is InChI=1S/C13H20/c1-7-8(2)12-10-4-5-11(6-10)13(12)9(7)3/h4-5,7-13H,6H2,1-3H3. The van der Waals surface area contributed by atoms with E-state index in [0.29, 0.717) is 0 Å². The first kappa shape index (κ1) is 8.08. The lowest BCUT2D eigenvalue weighted by Gasteiger charge is -2.25. The lowest BCUT2D eigenvalue weighted by molar-refractivity contribution is 0.279. The monoisotopic (exact) mass is 176 g/mol. The van der Waals surface area contributed by atoms with Gasteiger partial charge in [-0.3, -0.25) is 0 Å². The Kier molecular flexibility index (Phi) is 1.49. The van der Waals surface area contributed by atoms with Crippen molar-refractivity contribution < 1.29 is 0 Å². The lowest BCUT2D eigenvalue weighted by Crippen LogP contribution is -2.19. The maximum atomic E-state index is 2.51. The van der Waals surface area contributed by atoms with E-state index in [0.717, 1.165) is 41.4 Å². The van der Waals surface area contributed by atoms with Crippen LogP contribution in [0.25, 0.3) is 0 Å². The predicted molar refractivity (Wildman–Crippen MR) is 55.2 cm³/mol. The van der Waals surface area contributed by atoms with Gasteiger partial charge in [0, 0.05) is 0 Å². The number of hydrogen-bond donors (Lipinski definition) is 0. The molecule has 0 aromatic carbocycles. The largest absolute Gasteiger partial charge is 0.0848 e. The minimum atomic E-state index is 0.956. The molecule has 3 aliphatic rings. The number of rotatable bonds is 0. The van der Waals surface area contributed by atoms with Crippen LogP contribution in [0.5, 0.6) is 0 Å². The van der Waals surface area contributed by atoms with Gasteiger partial charge in [-0.1, -0.05) is 32.9 Å². The van der Waals surface area contributed by atoms with E-state index in [-0.39, 0.29) is 0 Å². The van der Waals surface area contributed by atoms with Gasteiger partial charge in [-0.2, -0.15) is 0 Å². The van der Waals surface area contributed by atoms with Crippen molar-refractivity contribution in [3.05, 3.63) is 12.2 Å². The SMILES string of the molecule is CC1C(C)C2C3C=CC(C3)C2C1C. The molecule has 0 spiro atoms. The summed E-state index contributed by atoms with van der Waals surface area (Å²) in [6, 6.07) is 0. The number of allylic oxidation sites excluding steroid dienone is 2. The van der Waals surface area contributed by atoms with Crippen molar-refractivity contribution in [2.75, 3.05) is 0 Å². The molecule has 0 amide bonds. The topological polar surface area (TPSA) is 0 Å². The fourth-order valence-electron chi connectivity index (χ4n) is 4.56. The van der Waals surface area contributed by atoms with E-state index in [1.807, 2.05) is 0 Å². The van der Waals surface area contributed by atoms with E-state index in [1.54, 1.807) is 0 Å². The number of hydrogen-bond acceptors (Lipinski definition) is 0. The van der Waals surface area contributed by atoms with Crippen LogP contribution in [0.4, 0.5) is 0 Å². The highest BCUT2D eigenvalue weighted by molar-refractivity contribution is 5.18. The van der Waals surface area contributed by atoms with E-state index in [9.17, 15) is 0 Å². The van der Waals surface area contributed by atoms with Gasteiger partial charge in [-0.05, 0) is 47.8 Å². The van der Waals surface area contributed by atoms with E-state index >= 15 is 0 Å². The first-order valence-corrected chi connectivity index (χ1v) is 5.88. The molecule has 13 heavy (non-hydrogen) atoms. The van der Waals surface area contributed by atoms with Crippen LogP contribution in [0.2, 0.25) is 0 Å². The molecule has 0 heteroatoms. The first-order valence-electron chi connectivity index (χ1n) is 5.88. The van der Waals surface area contributed by atoms with E-state index < -0.39 is 0 Å². The van der Waals surface area contributed by atoms with E-state index in [1.165, 1.54) is 6.42 Å². The van der Waals surface area contributed by atoms with Crippen LogP contribution in [0.1, 0.15) is 27.2 Å². The molecule has 0 radical (unpaired) electrons. The van der Waals surface area contributed by atoms with Crippen LogP contribution in [0, 0.1) is 41.4 Å². The molecule has 0 nitrogen and oxygen atoms in total. The minimum absolute atomic E-state index is 0.956. The fourth-order valence-corrected chi connectivity index (χ4v) is 4.56. The molecule has 0 N–H and O–H groups in total. The Morgan fingerprint density at radius 1 is 0.769 bits per heavy atom. The maximum absolute atomic E-state index is 2.51. The van der Waals surface area contributed by atoms with Crippen molar-refractivity contribution in [3.63, 3.8) is 0 Å². The molecule has 0 aliphatic heterocycles. The molecule has 6 atom stereocenters. The number of fused-ring (bicyclic) bond motifs is 5. The molecule has 0 aromatic rings. The Balaban J connectivity index is 1.98.